The van der Waals surface area contributed by atoms with Crippen LogP contribution < -0.4 is 16.0 Å². The van der Waals surface area contributed by atoms with E-state index < -0.39 is 12.0 Å². The van der Waals surface area contributed by atoms with Crippen molar-refractivity contribution in [2.24, 2.45) is 0 Å². The molecule has 2 atom stereocenters. The van der Waals surface area contributed by atoms with E-state index in [0.717, 1.165) is 19.3 Å². The minimum absolute atomic E-state index is 0.0271. The monoisotopic (exact) mass is 301 g/mol. The zero-order chi connectivity index (χ0) is 16.5. The van der Waals surface area contributed by atoms with E-state index in [0.29, 0.717) is 13.1 Å². The van der Waals surface area contributed by atoms with E-state index in [2.05, 4.69) is 16.0 Å². The highest BCUT2D eigenvalue weighted by atomic mass is 16.4. The van der Waals surface area contributed by atoms with E-state index in [-0.39, 0.29) is 17.5 Å². The number of hydrogen-bond acceptors (Lipinski definition) is 4. The van der Waals surface area contributed by atoms with Crippen molar-refractivity contribution in [3.63, 3.8) is 0 Å². The van der Waals surface area contributed by atoms with Crippen molar-refractivity contribution < 1.29 is 14.7 Å². The topological polar surface area (TPSA) is 90.5 Å². The van der Waals surface area contributed by atoms with Gasteiger partial charge in [-0.05, 0) is 54.0 Å². The van der Waals surface area contributed by atoms with Crippen LogP contribution in [0.2, 0.25) is 0 Å². The van der Waals surface area contributed by atoms with Crippen molar-refractivity contribution >= 4 is 11.9 Å². The van der Waals surface area contributed by atoms with Gasteiger partial charge in [-0.15, -0.1) is 0 Å². The number of unbranched alkanes of at least 4 members (excludes halogenated alkanes) is 1. The number of hydrogen-bond donors (Lipinski definition) is 4. The lowest BCUT2D eigenvalue weighted by Gasteiger charge is -2.28. The number of aliphatic carboxylic acids is 1. The van der Waals surface area contributed by atoms with E-state index in [1.165, 1.54) is 0 Å². The second-order valence-electron chi connectivity index (χ2n) is 6.35. The Bertz CT molecular complexity index is 327. The number of likely N-dealkylation sites (N-methyl/N-ethyl adjacent to an activating group) is 1. The summed E-state index contributed by atoms with van der Waals surface area (Å²) in [6.07, 6.45) is 2.45. The normalized spacial score (nSPS) is 14.5. The van der Waals surface area contributed by atoms with Crippen LogP contribution in [-0.4, -0.2) is 47.7 Å². The molecule has 0 saturated carbocycles. The molecule has 1 unspecified atom stereocenters. The molecule has 6 nitrogen and oxygen atoms in total. The third-order valence-electron chi connectivity index (χ3n) is 3.02. The molecule has 0 aromatic heterocycles. The third kappa shape index (κ3) is 10.3. The number of carboxylic acids is 1. The van der Waals surface area contributed by atoms with Crippen molar-refractivity contribution in [2.45, 2.75) is 71.5 Å². The van der Waals surface area contributed by atoms with Crippen molar-refractivity contribution in [1.82, 2.24) is 16.0 Å². The Morgan fingerprint density at radius 1 is 1.19 bits per heavy atom. The van der Waals surface area contributed by atoms with Crippen LogP contribution in [0.5, 0.6) is 0 Å². The summed E-state index contributed by atoms with van der Waals surface area (Å²) in [7, 11) is 0. The quantitative estimate of drug-likeness (QED) is 0.454. The number of carbonyl (C=O) groups is 2. The van der Waals surface area contributed by atoms with Gasteiger partial charge in [-0.1, -0.05) is 6.42 Å². The highest BCUT2D eigenvalue weighted by Crippen LogP contribution is 2.07. The Hall–Kier alpha value is -1.14. The molecule has 0 aliphatic heterocycles. The summed E-state index contributed by atoms with van der Waals surface area (Å²) in [5.41, 5.74) is -0.119. The summed E-state index contributed by atoms with van der Waals surface area (Å²) < 4.78 is 0. The van der Waals surface area contributed by atoms with Gasteiger partial charge in [0.2, 0.25) is 5.91 Å². The Morgan fingerprint density at radius 3 is 2.29 bits per heavy atom. The maximum absolute atomic E-state index is 12.0. The van der Waals surface area contributed by atoms with Crippen molar-refractivity contribution in [3.05, 3.63) is 0 Å². The standard InChI is InChI=1S/C15H31N3O3/c1-6-16-13(19)12(18-15(3,4)5)9-7-8-10-17-11(2)14(20)21/h11-12,17-18H,6-10H2,1-5H3,(H,16,19)(H,20,21)/t11?,12-/m0/s1. The van der Waals surface area contributed by atoms with Crippen LogP contribution in [0.3, 0.4) is 0 Å². The molecule has 1 amide bonds. The highest BCUT2D eigenvalue weighted by molar-refractivity contribution is 5.81. The summed E-state index contributed by atoms with van der Waals surface area (Å²) in [4.78, 5) is 22.7. The number of nitrogens with one attached hydrogen (secondary N) is 3. The van der Waals surface area contributed by atoms with E-state index in [1.807, 2.05) is 27.7 Å². The fourth-order valence-corrected chi connectivity index (χ4v) is 1.97. The first kappa shape index (κ1) is 19.9. The summed E-state index contributed by atoms with van der Waals surface area (Å²) in [6, 6.07) is -0.737. The van der Waals surface area contributed by atoms with Crippen LogP contribution in [0, 0.1) is 0 Å². The van der Waals surface area contributed by atoms with Crippen molar-refractivity contribution in [1.29, 1.82) is 0 Å². The summed E-state index contributed by atoms with van der Waals surface area (Å²) in [6.45, 7) is 10.9. The van der Waals surface area contributed by atoms with E-state index >= 15 is 0 Å². The minimum Gasteiger partial charge on any atom is -0.480 e. The number of carboxylic acid groups (broad SMARTS) is 1. The molecular weight excluding hydrogens is 270 g/mol. The van der Waals surface area contributed by atoms with Crippen molar-refractivity contribution in [2.75, 3.05) is 13.1 Å². The van der Waals surface area contributed by atoms with E-state index in [9.17, 15) is 9.59 Å². The van der Waals surface area contributed by atoms with Gasteiger partial charge < -0.3 is 21.1 Å². The molecule has 0 aliphatic rings. The molecule has 0 fully saturated rings. The molecule has 0 spiro atoms. The predicted octanol–water partition coefficient (Wildman–Crippen LogP) is 1.11. The Labute approximate surface area is 128 Å². The molecule has 0 heterocycles. The van der Waals surface area contributed by atoms with E-state index in [4.69, 9.17) is 5.11 Å². The minimum atomic E-state index is -0.843. The van der Waals surface area contributed by atoms with Crippen LogP contribution in [0.1, 0.15) is 53.9 Å². The second-order valence-corrected chi connectivity index (χ2v) is 6.35. The molecule has 0 saturated heterocycles. The molecule has 0 radical (unpaired) electrons. The molecule has 0 bridgehead atoms. The first-order valence-electron chi connectivity index (χ1n) is 7.69. The van der Waals surface area contributed by atoms with Crippen molar-refractivity contribution in [3.8, 4) is 0 Å². The first-order valence-corrected chi connectivity index (χ1v) is 7.69. The largest absolute Gasteiger partial charge is 0.480 e. The van der Waals surface area contributed by atoms with Gasteiger partial charge in [-0.3, -0.25) is 9.59 Å². The molecule has 0 aliphatic carbocycles. The number of rotatable bonds is 10. The van der Waals surface area contributed by atoms with Gasteiger partial charge in [0.15, 0.2) is 0 Å². The van der Waals surface area contributed by atoms with Gasteiger partial charge in [0, 0.05) is 12.1 Å². The second kappa shape index (κ2) is 9.73. The molecule has 124 valence electrons. The van der Waals surface area contributed by atoms with Crippen LogP contribution in [0.15, 0.2) is 0 Å². The van der Waals surface area contributed by atoms with Gasteiger partial charge in [0.1, 0.15) is 6.04 Å². The van der Waals surface area contributed by atoms with Crippen LogP contribution in [0.25, 0.3) is 0 Å². The lowest BCUT2D eigenvalue weighted by molar-refractivity contribution is -0.139. The third-order valence-corrected chi connectivity index (χ3v) is 3.02. The molecule has 0 aromatic rings. The number of carbonyl (C=O) groups excluding carboxylic acids is 1. The van der Waals surface area contributed by atoms with Crippen LogP contribution in [0.4, 0.5) is 0 Å². The fourth-order valence-electron chi connectivity index (χ4n) is 1.97. The SMILES string of the molecule is CCNC(=O)[C@H](CCCCNC(C)C(=O)O)NC(C)(C)C. The molecule has 0 aromatic carbocycles. The average molecular weight is 301 g/mol. The maximum Gasteiger partial charge on any atom is 0.320 e. The highest BCUT2D eigenvalue weighted by Gasteiger charge is 2.22. The Kier molecular flexibility index (Phi) is 9.21. The Morgan fingerprint density at radius 2 is 1.81 bits per heavy atom. The smallest absolute Gasteiger partial charge is 0.320 e. The zero-order valence-electron chi connectivity index (χ0n) is 14.0. The predicted molar refractivity (Wildman–Crippen MR) is 84.3 cm³/mol. The number of amides is 1. The van der Waals surface area contributed by atoms with Crippen LogP contribution in [-0.2, 0) is 9.59 Å². The molecule has 4 N–H and O–H groups in total. The lowest BCUT2D eigenvalue weighted by Crippen LogP contribution is -2.51. The van der Waals surface area contributed by atoms with Crippen LogP contribution >= 0.6 is 0 Å². The first-order chi connectivity index (χ1) is 9.67. The van der Waals surface area contributed by atoms with E-state index in [1.54, 1.807) is 6.92 Å². The molecule has 21 heavy (non-hydrogen) atoms. The average Bonchev–Trinajstić information content (AvgIpc) is 2.35. The van der Waals surface area contributed by atoms with Gasteiger partial charge in [-0.2, -0.15) is 0 Å². The van der Waals surface area contributed by atoms with Gasteiger partial charge in [-0.25, -0.2) is 0 Å². The zero-order valence-corrected chi connectivity index (χ0v) is 14.0. The summed E-state index contributed by atoms with van der Waals surface area (Å²) in [5.74, 6) is -0.816. The molecular formula is C15H31N3O3. The molecule has 0 rings (SSSR count). The van der Waals surface area contributed by atoms with Gasteiger partial charge >= 0.3 is 5.97 Å². The summed E-state index contributed by atoms with van der Waals surface area (Å²) in [5, 5.41) is 17.9. The lowest BCUT2D eigenvalue weighted by atomic mass is 10.0. The summed E-state index contributed by atoms with van der Waals surface area (Å²) >= 11 is 0. The maximum atomic E-state index is 12.0. The van der Waals surface area contributed by atoms with Gasteiger partial charge in [0.05, 0.1) is 6.04 Å². The Balaban J connectivity index is 4.12. The van der Waals surface area contributed by atoms with Gasteiger partial charge in [0.25, 0.3) is 0 Å². The fraction of sp³-hybridized carbons (Fsp3) is 0.867. The molecule has 6 heteroatoms.